The van der Waals surface area contributed by atoms with E-state index in [1.807, 2.05) is 24.3 Å². The van der Waals surface area contributed by atoms with E-state index in [-0.39, 0.29) is 5.69 Å². The summed E-state index contributed by atoms with van der Waals surface area (Å²) in [5.41, 5.74) is 1.91. The van der Waals surface area contributed by atoms with E-state index in [2.05, 4.69) is 26.3 Å². The average Bonchev–Trinajstić information content (AvgIpc) is 2.82. The normalized spacial score (nSPS) is 14.4. The zero-order valence-corrected chi connectivity index (χ0v) is 15.9. The SMILES string of the molecule is FC(F)(F)c1ccccc1-n1nc(-c2cccc(Br)c2)c2c1NCCCC2. The Kier molecular flexibility index (Phi) is 4.72. The largest absolute Gasteiger partial charge is 0.418 e. The fraction of sp³-hybridized carbons (Fsp3) is 0.250. The van der Waals surface area contributed by atoms with Crippen LogP contribution in [0.3, 0.4) is 0 Å². The van der Waals surface area contributed by atoms with Crippen LogP contribution in [0.25, 0.3) is 16.9 Å². The van der Waals surface area contributed by atoms with E-state index < -0.39 is 11.7 Å². The first-order chi connectivity index (χ1) is 12.9. The molecular formula is C20H17BrF3N3. The summed E-state index contributed by atoms with van der Waals surface area (Å²) in [6, 6.07) is 13.2. The molecule has 2 aromatic carbocycles. The summed E-state index contributed by atoms with van der Waals surface area (Å²) in [5, 5.41) is 7.92. The van der Waals surface area contributed by atoms with Gasteiger partial charge in [0.1, 0.15) is 5.82 Å². The number of hydrogen-bond donors (Lipinski definition) is 1. The number of rotatable bonds is 2. The molecule has 3 nitrogen and oxygen atoms in total. The predicted octanol–water partition coefficient (Wildman–Crippen LogP) is 6.07. The van der Waals surface area contributed by atoms with Gasteiger partial charge in [-0.3, -0.25) is 0 Å². The lowest BCUT2D eigenvalue weighted by Crippen LogP contribution is -2.14. The number of nitrogens with one attached hydrogen (secondary N) is 1. The van der Waals surface area contributed by atoms with E-state index >= 15 is 0 Å². The molecule has 1 N–H and O–H groups in total. The molecule has 0 saturated heterocycles. The summed E-state index contributed by atoms with van der Waals surface area (Å²) < 4.78 is 43.0. The molecule has 2 heterocycles. The van der Waals surface area contributed by atoms with Gasteiger partial charge in [0.2, 0.25) is 0 Å². The highest BCUT2D eigenvalue weighted by molar-refractivity contribution is 9.10. The van der Waals surface area contributed by atoms with Crippen LogP contribution in [-0.4, -0.2) is 16.3 Å². The van der Waals surface area contributed by atoms with Crippen LogP contribution < -0.4 is 5.32 Å². The van der Waals surface area contributed by atoms with Gasteiger partial charge in [0.05, 0.1) is 16.9 Å². The number of alkyl halides is 3. The standard InChI is InChI=1S/C20H17BrF3N3/c21-14-7-5-6-13(12-14)18-15-8-3-4-11-25-19(15)27(26-18)17-10-2-1-9-16(17)20(22,23)24/h1-2,5-7,9-10,12,25H,3-4,8,11H2. The summed E-state index contributed by atoms with van der Waals surface area (Å²) in [4.78, 5) is 0. The number of anilines is 1. The predicted molar refractivity (Wildman–Crippen MR) is 103 cm³/mol. The third-order valence-electron chi connectivity index (χ3n) is 4.67. The van der Waals surface area contributed by atoms with Gasteiger partial charge >= 0.3 is 6.18 Å². The molecule has 0 fully saturated rings. The van der Waals surface area contributed by atoms with Crippen LogP contribution >= 0.6 is 15.9 Å². The van der Waals surface area contributed by atoms with Gasteiger partial charge in [-0.1, -0.05) is 40.2 Å². The van der Waals surface area contributed by atoms with E-state index in [0.717, 1.165) is 46.6 Å². The Bertz CT molecular complexity index is 979. The first-order valence-electron chi connectivity index (χ1n) is 8.73. The molecule has 1 aliphatic heterocycles. The minimum Gasteiger partial charge on any atom is -0.370 e. The molecule has 0 aliphatic carbocycles. The number of benzene rings is 2. The van der Waals surface area contributed by atoms with Gasteiger partial charge in [0, 0.05) is 22.1 Å². The van der Waals surface area contributed by atoms with Gasteiger partial charge in [-0.05, 0) is 43.5 Å². The van der Waals surface area contributed by atoms with Crippen LogP contribution in [0.2, 0.25) is 0 Å². The van der Waals surface area contributed by atoms with Crippen LogP contribution in [0.5, 0.6) is 0 Å². The second-order valence-electron chi connectivity index (χ2n) is 6.50. The highest BCUT2D eigenvalue weighted by Crippen LogP contribution is 2.39. The van der Waals surface area contributed by atoms with Gasteiger partial charge in [-0.15, -0.1) is 0 Å². The molecule has 1 aliphatic rings. The van der Waals surface area contributed by atoms with Crippen LogP contribution in [-0.2, 0) is 12.6 Å². The van der Waals surface area contributed by atoms with Crippen molar-refractivity contribution < 1.29 is 13.2 Å². The maximum Gasteiger partial charge on any atom is 0.418 e. The lowest BCUT2D eigenvalue weighted by atomic mass is 10.0. The topological polar surface area (TPSA) is 29.9 Å². The zero-order valence-electron chi connectivity index (χ0n) is 14.4. The summed E-state index contributed by atoms with van der Waals surface area (Å²) in [6.45, 7) is 0.713. The molecule has 1 aromatic heterocycles. The molecule has 4 rings (SSSR count). The number of aromatic nitrogens is 2. The third-order valence-corrected chi connectivity index (χ3v) is 5.16. The lowest BCUT2D eigenvalue weighted by Gasteiger charge is -2.15. The zero-order chi connectivity index (χ0) is 19.0. The van der Waals surface area contributed by atoms with E-state index in [1.165, 1.54) is 16.8 Å². The van der Waals surface area contributed by atoms with E-state index in [4.69, 9.17) is 0 Å². The molecule has 0 radical (unpaired) electrons. The van der Waals surface area contributed by atoms with Crippen molar-refractivity contribution in [2.45, 2.75) is 25.4 Å². The Hall–Kier alpha value is -2.28. The Labute approximate surface area is 163 Å². The first kappa shape index (κ1) is 18.1. The summed E-state index contributed by atoms with van der Waals surface area (Å²) in [7, 11) is 0. The summed E-state index contributed by atoms with van der Waals surface area (Å²) in [6.07, 6.45) is -1.74. The summed E-state index contributed by atoms with van der Waals surface area (Å²) >= 11 is 3.46. The van der Waals surface area contributed by atoms with E-state index in [0.29, 0.717) is 12.4 Å². The van der Waals surface area contributed by atoms with Crippen molar-refractivity contribution in [3.8, 4) is 16.9 Å². The number of fused-ring (bicyclic) bond motifs is 1. The molecule has 0 saturated carbocycles. The smallest absolute Gasteiger partial charge is 0.370 e. The minimum atomic E-state index is -4.45. The molecular weight excluding hydrogens is 419 g/mol. The Morgan fingerprint density at radius 2 is 1.85 bits per heavy atom. The maximum absolute atomic E-state index is 13.6. The molecule has 0 atom stereocenters. The van der Waals surface area contributed by atoms with Gasteiger partial charge in [-0.25, -0.2) is 4.68 Å². The van der Waals surface area contributed by atoms with Crippen molar-refractivity contribution >= 4 is 21.7 Å². The highest BCUT2D eigenvalue weighted by atomic mass is 79.9. The second kappa shape index (κ2) is 7.03. The fourth-order valence-corrected chi connectivity index (χ4v) is 3.84. The van der Waals surface area contributed by atoms with Crippen LogP contribution in [0, 0.1) is 0 Å². The molecule has 0 unspecified atom stereocenters. The lowest BCUT2D eigenvalue weighted by molar-refractivity contribution is -0.137. The number of hydrogen-bond acceptors (Lipinski definition) is 2. The monoisotopic (exact) mass is 435 g/mol. The van der Waals surface area contributed by atoms with Crippen molar-refractivity contribution in [1.29, 1.82) is 0 Å². The van der Waals surface area contributed by atoms with Crippen molar-refractivity contribution in [3.05, 3.63) is 64.1 Å². The molecule has 0 spiro atoms. The fourth-order valence-electron chi connectivity index (χ4n) is 3.44. The van der Waals surface area contributed by atoms with E-state index in [9.17, 15) is 13.2 Å². The molecule has 140 valence electrons. The van der Waals surface area contributed by atoms with Gasteiger partial charge in [0.15, 0.2) is 0 Å². The first-order valence-corrected chi connectivity index (χ1v) is 9.53. The minimum absolute atomic E-state index is 0.0388. The number of nitrogens with zero attached hydrogens (tertiary/aromatic N) is 2. The van der Waals surface area contributed by atoms with Crippen molar-refractivity contribution in [3.63, 3.8) is 0 Å². The highest BCUT2D eigenvalue weighted by Gasteiger charge is 2.35. The Morgan fingerprint density at radius 3 is 2.63 bits per heavy atom. The second-order valence-corrected chi connectivity index (χ2v) is 7.41. The molecule has 3 aromatic rings. The number of halogens is 4. The van der Waals surface area contributed by atoms with Gasteiger partial charge in [-0.2, -0.15) is 18.3 Å². The average molecular weight is 436 g/mol. The van der Waals surface area contributed by atoms with Crippen LogP contribution in [0.4, 0.5) is 19.0 Å². The van der Waals surface area contributed by atoms with Crippen molar-refractivity contribution in [2.24, 2.45) is 0 Å². The van der Waals surface area contributed by atoms with Crippen molar-refractivity contribution in [1.82, 2.24) is 9.78 Å². The van der Waals surface area contributed by atoms with Crippen molar-refractivity contribution in [2.75, 3.05) is 11.9 Å². The molecule has 7 heteroatoms. The number of para-hydroxylation sites is 1. The van der Waals surface area contributed by atoms with Gasteiger partial charge in [0.25, 0.3) is 0 Å². The maximum atomic E-state index is 13.6. The Morgan fingerprint density at radius 1 is 1.04 bits per heavy atom. The quantitative estimate of drug-likeness (QED) is 0.529. The molecule has 0 bridgehead atoms. The van der Waals surface area contributed by atoms with E-state index in [1.54, 1.807) is 6.07 Å². The summed E-state index contributed by atoms with van der Waals surface area (Å²) in [5.74, 6) is 0.652. The molecule has 0 amide bonds. The Balaban J connectivity index is 1.96. The van der Waals surface area contributed by atoms with Crippen LogP contribution in [0.1, 0.15) is 24.0 Å². The third kappa shape index (κ3) is 3.48. The van der Waals surface area contributed by atoms with Crippen LogP contribution in [0.15, 0.2) is 53.0 Å². The molecule has 27 heavy (non-hydrogen) atoms. The van der Waals surface area contributed by atoms with Gasteiger partial charge < -0.3 is 5.32 Å².